The van der Waals surface area contributed by atoms with Gasteiger partial charge in [0.15, 0.2) is 0 Å². The number of carbonyl (C=O) groups is 2. The molecular weight excluding hydrogens is 347 g/mol. The van der Waals surface area contributed by atoms with Crippen LogP contribution >= 0.6 is 0 Å². The second-order valence-electron chi connectivity index (χ2n) is 7.53. The number of likely N-dealkylation sites (tertiary alicyclic amines) is 1. The van der Waals surface area contributed by atoms with Crippen molar-refractivity contribution in [2.24, 2.45) is 7.05 Å². The van der Waals surface area contributed by atoms with E-state index in [1.807, 2.05) is 43.7 Å². The lowest BCUT2D eigenvalue weighted by atomic mass is 10.1. The summed E-state index contributed by atoms with van der Waals surface area (Å²) in [7, 11) is 5.17. The number of halogens is 1. The molecule has 1 saturated heterocycles. The number of amides is 3. The van der Waals surface area contributed by atoms with Gasteiger partial charge in [-0.25, -0.2) is 9.18 Å². The van der Waals surface area contributed by atoms with Crippen LogP contribution in [0.15, 0.2) is 18.2 Å². The molecule has 0 bridgehead atoms. The molecule has 1 aliphatic rings. The van der Waals surface area contributed by atoms with Crippen LogP contribution in [-0.2, 0) is 7.05 Å². The van der Waals surface area contributed by atoms with Gasteiger partial charge >= 0.3 is 6.03 Å². The van der Waals surface area contributed by atoms with Gasteiger partial charge in [0.1, 0.15) is 11.9 Å². The van der Waals surface area contributed by atoms with Gasteiger partial charge in [0.25, 0.3) is 5.91 Å². The molecule has 27 heavy (non-hydrogen) atoms. The fraction of sp³-hybridized carbons (Fsp3) is 0.500. The van der Waals surface area contributed by atoms with Gasteiger partial charge in [-0.15, -0.1) is 0 Å². The number of hydrogen-bond acceptors (Lipinski definition) is 2. The van der Waals surface area contributed by atoms with Crippen LogP contribution in [0.25, 0.3) is 10.9 Å². The van der Waals surface area contributed by atoms with Crippen LogP contribution in [0.1, 0.15) is 28.0 Å². The first-order valence-electron chi connectivity index (χ1n) is 9.17. The van der Waals surface area contributed by atoms with Crippen molar-refractivity contribution in [3.63, 3.8) is 0 Å². The summed E-state index contributed by atoms with van der Waals surface area (Å²) < 4.78 is 16.0. The van der Waals surface area contributed by atoms with Gasteiger partial charge in [0.05, 0.1) is 18.1 Å². The highest BCUT2D eigenvalue weighted by atomic mass is 19.1. The first-order chi connectivity index (χ1) is 12.7. The molecule has 146 valence electrons. The molecule has 1 aliphatic heterocycles. The number of nitrogens with one attached hydrogen (secondary N) is 1. The molecule has 1 fully saturated rings. The molecule has 2 aromatic rings. The van der Waals surface area contributed by atoms with E-state index in [1.165, 1.54) is 4.90 Å². The number of para-hydroxylation sites is 1. The van der Waals surface area contributed by atoms with E-state index < -0.39 is 6.17 Å². The smallest absolute Gasteiger partial charge is 0.316 e. The zero-order valence-corrected chi connectivity index (χ0v) is 16.5. The van der Waals surface area contributed by atoms with E-state index >= 15 is 0 Å². The van der Waals surface area contributed by atoms with Crippen molar-refractivity contribution in [3.8, 4) is 0 Å². The highest BCUT2D eigenvalue weighted by Gasteiger charge is 2.37. The molecule has 7 heteroatoms. The average molecular weight is 374 g/mol. The molecule has 2 unspecified atom stereocenters. The van der Waals surface area contributed by atoms with Crippen LogP contribution in [0.2, 0.25) is 0 Å². The summed E-state index contributed by atoms with van der Waals surface area (Å²) in [6.45, 7) is 4.25. The van der Waals surface area contributed by atoms with E-state index in [-0.39, 0.29) is 37.5 Å². The molecule has 2 heterocycles. The number of urea groups is 1. The molecule has 1 aromatic heterocycles. The summed E-state index contributed by atoms with van der Waals surface area (Å²) in [6.07, 6.45) is -0.839. The van der Waals surface area contributed by atoms with E-state index in [0.29, 0.717) is 5.69 Å². The molecule has 6 nitrogen and oxygen atoms in total. The van der Waals surface area contributed by atoms with Crippen molar-refractivity contribution < 1.29 is 14.0 Å². The van der Waals surface area contributed by atoms with Crippen LogP contribution in [-0.4, -0.2) is 65.7 Å². The van der Waals surface area contributed by atoms with Gasteiger partial charge in [0.2, 0.25) is 0 Å². The highest BCUT2D eigenvalue weighted by molar-refractivity contribution is 6.02. The second-order valence-corrected chi connectivity index (χ2v) is 7.53. The van der Waals surface area contributed by atoms with Crippen LogP contribution in [0.3, 0.4) is 0 Å². The number of aryl methyl sites for hydroxylation is 3. The van der Waals surface area contributed by atoms with E-state index in [1.54, 1.807) is 19.0 Å². The molecule has 1 aromatic carbocycles. The third kappa shape index (κ3) is 3.38. The molecule has 2 atom stereocenters. The Kier molecular flexibility index (Phi) is 5.13. The summed E-state index contributed by atoms with van der Waals surface area (Å²) in [5, 5.41) is 3.80. The lowest BCUT2D eigenvalue weighted by molar-refractivity contribution is 0.0718. The number of hydrogen-bond donors (Lipinski definition) is 1. The quantitative estimate of drug-likeness (QED) is 0.898. The minimum absolute atomic E-state index is 0.0568. The average Bonchev–Trinajstić information content (AvgIpc) is 3.11. The Morgan fingerprint density at radius 3 is 2.63 bits per heavy atom. The van der Waals surface area contributed by atoms with E-state index in [2.05, 4.69) is 5.32 Å². The van der Waals surface area contributed by atoms with E-state index in [9.17, 15) is 14.0 Å². The molecule has 0 radical (unpaired) electrons. The first kappa shape index (κ1) is 19.2. The van der Waals surface area contributed by atoms with Gasteiger partial charge in [0, 0.05) is 39.5 Å². The van der Waals surface area contributed by atoms with Gasteiger partial charge in [-0.1, -0.05) is 18.2 Å². The van der Waals surface area contributed by atoms with Crippen LogP contribution in [0.5, 0.6) is 0 Å². The Labute approximate surface area is 158 Å². The predicted octanol–water partition coefficient (Wildman–Crippen LogP) is 2.62. The van der Waals surface area contributed by atoms with Gasteiger partial charge in [-0.2, -0.15) is 0 Å². The Morgan fingerprint density at radius 1 is 1.30 bits per heavy atom. The second kappa shape index (κ2) is 7.21. The fourth-order valence-electron chi connectivity index (χ4n) is 4.00. The summed E-state index contributed by atoms with van der Waals surface area (Å²) in [6, 6.07) is 5.40. The Hall–Kier alpha value is -2.57. The van der Waals surface area contributed by atoms with Crippen molar-refractivity contribution in [1.29, 1.82) is 0 Å². The predicted molar refractivity (Wildman–Crippen MR) is 104 cm³/mol. The van der Waals surface area contributed by atoms with Crippen molar-refractivity contribution in [3.05, 3.63) is 35.0 Å². The van der Waals surface area contributed by atoms with Gasteiger partial charge < -0.3 is 19.7 Å². The molecule has 3 rings (SSSR count). The van der Waals surface area contributed by atoms with Crippen LogP contribution in [0, 0.1) is 13.8 Å². The monoisotopic (exact) mass is 374 g/mol. The molecule has 0 spiro atoms. The molecule has 1 N–H and O–H groups in total. The topological polar surface area (TPSA) is 57.6 Å². The lowest BCUT2D eigenvalue weighted by Gasteiger charge is -2.26. The fourth-order valence-corrected chi connectivity index (χ4v) is 4.00. The number of fused-ring (bicyclic) bond motifs is 1. The van der Waals surface area contributed by atoms with Crippen molar-refractivity contribution in [2.45, 2.75) is 32.5 Å². The largest absolute Gasteiger partial charge is 0.339 e. The standard InChI is InChI=1S/C20H27FN4O2/c1-12-7-6-8-16-13(2)18(24(5)17(12)16)19(26)25-11-14(21)9-15(25)10-22-20(27)23(3)4/h6-8,14-15H,9-11H2,1-5H3,(H,22,27). The van der Waals surface area contributed by atoms with Crippen molar-refractivity contribution in [1.82, 2.24) is 19.7 Å². The number of carbonyl (C=O) groups excluding carboxylic acids is 2. The van der Waals surface area contributed by atoms with Crippen molar-refractivity contribution >= 4 is 22.8 Å². The number of rotatable bonds is 3. The lowest BCUT2D eigenvalue weighted by Crippen LogP contribution is -2.46. The minimum atomic E-state index is -1.08. The highest BCUT2D eigenvalue weighted by Crippen LogP contribution is 2.30. The number of benzene rings is 1. The maximum atomic E-state index is 14.1. The van der Waals surface area contributed by atoms with Gasteiger partial charge in [-0.05, 0) is 25.0 Å². The minimum Gasteiger partial charge on any atom is -0.339 e. The molecular formula is C20H27FN4O2. The summed E-state index contributed by atoms with van der Waals surface area (Å²) in [5.41, 5.74) is 3.60. The third-order valence-electron chi connectivity index (χ3n) is 5.39. The number of nitrogens with zero attached hydrogens (tertiary/aromatic N) is 3. The molecule has 3 amide bonds. The Bertz CT molecular complexity index is 890. The summed E-state index contributed by atoms with van der Waals surface area (Å²) >= 11 is 0. The zero-order chi connectivity index (χ0) is 19.9. The van der Waals surface area contributed by atoms with E-state index in [4.69, 9.17) is 0 Å². The third-order valence-corrected chi connectivity index (χ3v) is 5.39. The SMILES string of the molecule is Cc1c(C(=O)N2CC(F)CC2CNC(=O)N(C)C)n(C)c2c(C)cccc12. The number of aromatic nitrogens is 1. The van der Waals surface area contributed by atoms with Crippen molar-refractivity contribution in [2.75, 3.05) is 27.2 Å². The normalized spacial score (nSPS) is 19.6. The maximum Gasteiger partial charge on any atom is 0.316 e. The Morgan fingerprint density at radius 2 is 2.00 bits per heavy atom. The number of alkyl halides is 1. The zero-order valence-electron chi connectivity index (χ0n) is 16.5. The van der Waals surface area contributed by atoms with Crippen LogP contribution in [0.4, 0.5) is 9.18 Å². The Balaban J connectivity index is 1.91. The molecule has 0 aliphatic carbocycles. The maximum absolute atomic E-state index is 14.1. The first-order valence-corrected chi connectivity index (χ1v) is 9.17. The summed E-state index contributed by atoms with van der Waals surface area (Å²) in [4.78, 5) is 28.1. The van der Waals surface area contributed by atoms with Gasteiger partial charge in [-0.3, -0.25) is 4.79 Å². The van der Waals surface area contributed by atoms with Crippen LogP contribution < -0.4 is 5.32 Å². The summed E-state index contributed by atoms with van der Waals surface area (Å²) in [5.74, 6) is -0.185. The molecule has 0 saturated carbocycles. The van der Waals surface area contributed by atoms with E-state index in [0.717, 1.165) is 22.0 Å².